The molecule has 3 heterocycles. The zero-order valence-electron chi connectivity index (χ0n) is 24.0. The van der Waals surface area contributed by atoms with Crippen LogP contribution in [0.5, 0.6) is 0 Å². The van der Waals surface area contributed by atoms with Crippen molar-refractivity contribution < 1.29 is 4.42 Å². The highest BCUT2D eigenvalue weighted by atomic mass is 32.1. The predicted molar refractivity (Wildman–Crippen MR) is 193 cm³/mol. The Morgan fingerprint density at radius 3 is 1.76 bits per heavy atom. The molecule has 11 aromatic rings. The molecule has 0 aliphatic heterocycles. The van der Waals surface area contributed by atoms with Crippen LogP contribution in [0.2, 0.25) is 0 Å². The summed E-state index contributed by atoms with van der Waals surface area (Å²) in [7, 11) is 0. The highest BCUT2D eigenvalue weighted by Crippen LogP contribution is 2.51. The van der Waals surface area contributed by atoms with Gasteiger partial charge < -0.3 is 8.98 Å². The third-order valence-corrected chi connectivity index (χ3v) is 10.9. The third kappa shape index (κ3) is 2.94. The van der Waals surface area contributed by atoms with Crippen LogP contribution >= 0.6 is 11.3 Å². The Balaban J connectivity index is 1.53. The summed E-state index contributed by atoms with van der Waals surface area (Å²) in [5.41, 5.74) is 5.34. The van der Waals surface area contributed by atoms with E-state index in [9.17, 15) is 0 Å². The second-order valence-electron chi connectivity index (χ2n) is 12.0. The number of rotatable bonds is 1. The number of aromatic nitrogens is 1. The van der Waals surface area contributed by atoms with Crippen molar-refractivity contribution in [2.24, 2.45) is 0 Å². The van der Waals surface area contributed by atoms with Gasteiger partial charge in [-0.25, -0.2) is 0 Å². The van der Waals surface area contributed by atoms with Gasteiger partial charge in [0.2, 0.25) is 0 Å². The molecule has 0 saturated carbocycles. The van der Waals surface area contributed by atoms with Crippen LogP contribution in [0.4, 0.5) is 0 Å². The van der Waals surface area contributed by atoms with Crippen LogP contribution in [0.15, 0.2) is 144 Å². The molecule has 3 heteroatoms. The van der Waals surface area contributed by atoms with Crippen molar-refractivity contribution in [3.05, 3.63) is 140 Å². The van der Waals surface area contributed by atoms with Crippen LogP contribution < -0.4 is 0 Å². The monoisotopic (exact) mass is 589 g/mol. The van der Waals surface area contributed by atoms with Gasteiger partial charge in [-0.15, -0.1) is 11.3 Å². The maximum Gasteiger partial charge on any atom is 0.160 e. The van der Waals surface area contributed by atoms with E-state index in [0.29, 0.717) is 0 Å². The maximum absolute atomic E-state index is 6.99. The summed E-state index contributed by atoms with van der Waals surface area (Å²) < 4.78 is 12.1. The lowest BCUT2D eigenvalue weighted by molar-refractivity contribution is 0.671. The van der Waals surface area contributed by atoms with E-state index >= 15 is 0 Å². The van der Waals surface area contributed by atoms with Crippen molar-refractivity contribution in [3.8, 4) is 5.69 Å². The summed E-state index contributed by atoms with van der Waals surface area (Å²) in [5.74, 6) is 0. The van der Waals surface area contributed by atoms with E-state index in [1.807, 2.05) is 11.3 Å². The lowest BCUT2D eigenvalue weighted by Gasteiger charge is -2.14. The normalized spacial score (nSPS) is 12.4. The van der Waals surface area contributed by atoms with E-state index in [2.05, 4.69) is 144 Å². The summed E-state index contributed by atoms with van der Waals surface area (Å²) in [4.78, 5) is 0. The van der Waals surface area contributed by atoms with Crippen molar-refractivity contribution in [1.29, 1.82) is 0 Å². The molecule has 0 N–H and O–H groups in total. The van der Waals surface area contributed by atoms with Gasteiger partial charge in [0.25, 0.3) is 0 Å². The maximum atomic E-state index is 6.99. The standard InChI is InChI=1S/C42H23NOS/c1-3-14-26-24(12-1)25-13-2-4-15-27(25)38-37(26)39-28-16-5-8-19-31(28)43(41(39)42-40(38)29-17-6-9-21-33(29)44-42)32-20-11-23-35-36(32)30-18-7-10-22-34(30)45-35/h1-23H. The zero-order valence-corrected chi connectivity index (χ0v) is 24.9. The third-order valence-electron chi connectivity index (χ3n) is 9.74. The highest BCUT2D eigenvalue weighted by molar-refractivity contribution is 7.25. The average molecular weight is 590 g/mol. The molecule has 0 unspecified atom stereocenters. The van der Waals surface area contributed by atoms with Gasteiger partial charge in [0, 0.05) is 52.5 Å². The number of furan rings is 1. The minimum atomic E-state index is 0.912. The second-order valence-corrected chi connectivity index (χ2v) is 13.1. The number of nitrogens with zero attached hydrogens (tertiary/aromatic N) is 1. The molecular formula is C42H23NOS. The molecule has 2 nitrogen and oxygen atoms in total. The Morgan fingerprint density at radius 1 is 0.400 bits per heavy atom. The summed E-state index contributed by atoms with van der Waals surface area (Å²) in [6.07, 6.45) is 0. The number of para-hydroxylation sites is 2. The quantitative estimate of drug-likeness (QED) is 0.174. The molecule has 0 spiro atoms. The molecule has 0 amide bonds. The summed E-state index contributed by atoms with van der Waals surface area (Å²) >= 11 is 1.86. The Labute approximate surface area is 260 Å². The van der Waals surface area contributed by atoms with Crippen LogP contribution in [0.1, 0.15) is 0 Å². The fourth-order valence-electron chi connectivity index (χ4n) is 8.02. The largest absolute Gasteiger partial charge is 0.454 e. The van der Waals surface area contributed by atoms with E-state index in [-0.39, 0.29) is 0 Å². The van der Waals surface area contributed by atoms with Gasteiger partial charge in [0.15, 0.2) is 5.58 Å². The molecule has 0 saturated heterocycles. The van der Waals surface area contributed by atoms with Crippen molar-refractivity contribution in [3.63, 3.8) is 0 Å². The number of thiophene rings is 1. The van der Waals surface area contributed by atoms with Crippen LogP contribution in [0.25, 0.3) is 102 Å². The number of hydrogen-bond acceptors (Lipinski definition) is 2. The first-order valence-corrected chi connectivity index (χ1v) is 16.2. The first kappa shape index (κ1) is 23.8. The molecule has 3 aromatic heterocycles. The van der Waals surface area contributed by atoms with E-state index in [0.717, 1.165) is 22.1 Å². The zero-order chi connectivity index (χ0) is 29.2. The van der Waals surface area contributed by atoms with Gasteiger partial charge in [0.05, 0.1) is 16.7 Å². The Morgan fingerprint density at radius 2 is 0.978 bits per heavy atom. The van der Waals surface area contributed by atoms with Gasteiger partial charge >= 0.3 is 0 Å². The summed E-state index contributed by atoms with van der Waals surface area (Å²) in [6, 6.07) is 50.7. The Bertz CT molecular complexity index is 3050. The smallest absolute Gasteiger partial charge is 0.160 e. The molecule has 0 aliphatic carbocycles. The fourth-order valence-corrected chi connectivity index (χ4v) is 9.15. The SMILES string of the molecule is c1ccc2c(c1)oc1c2c2c3ccccc3c3ccccc3c2c2c3ccccc3n(-c3cccc4sc5ccccc5c34)c12. The molecule has 0 radical (unpaired) electrons. The van der Waals surface area contributed by atoms with Crippen molar-refractivity contribution in [2.45, 2.75) is 0 Å². The molecule has 0 bridgehead atoms. The van der Waals surface area contributed by atoms with Gasteiger partial charge in [-0.2, -0.15) is 0 Å². The predicted octanol–water partition coefficient (Wildman–Crippen LogP) is 12.5. The highest BCUT2D eigenvalue weighted by Gasteiger charge is 2.26. The minimum absolute atomic E-state index is 0.912. The van der Waals surface area contributed by atoms with Gasteiger partial charge in [-0.3, -0.25) is 0 Å². The number of hydrogen-bond donors (Lipinski definition) is 0. The van der Waals surface area contributed by atoms with Crippen LogP contribution in [-0.2, 0) is 0 Å². The van der Waals surface area contributed by atoms with Crippen LogP contribution in [0.3, 0.4) is 0 Å². The first-order valence-electron chi connectivity index (χ1n) is 15.4. The number of benzene rings is 8. The molecule has 208 valence electrons. The molecule has 8 aromatic carbocycles. The Hall–Kier alpha value is -5.64. The van der Waals surface area contributed by atoms with E-state index < -0.39 is 0 Å². The number of fused-ring (bicyclic) bond motifs is 18. The summed E-state index contributed by atoms with van der Waals surface area (Å²) in [5, 5.41) is 15.0. The first-order chi connectivity index (χ1) is 22.4. The average Bonchev–Trinajstić information content (AvgIpc) is 3.78. The van der Waals surface area contributed by atoms with Crippen molar-refractivity contribution >= 4 is 108 Å². The van der Waals surface area contributed by atoms with Crippen molar-refractivity contribution in [2.75, 3.05) is 0 Å². The Kier molecular flexibility index (Phi) is 4.49. The fraction of sp³-hybridized carbons (Fsp3) is 0. The van der Waals surface area contributed by atoms with Gasteiger partial charge in [0.1, 0.15) is 5.58 Å². The lowest BCUT2D eigenvalue weighted by Crippen LogP contribution is -1.95. The lowest BCUT2D eigenvalue weighted by atomic mass is 9.89. The minimum Gasteiger partial charge on any atom is -0.454 e. The molecular weight excluding hydrogens is 567 g/mol. The molecule has 0 fully saturated rings. The topological polar surface area (TPSA) is 18.1 Å². The molecule has 11 rings (SSSR count). The summed E-state index contributed by atoms with van der Waals surface area (Å²) in [6.45, 7) is 0. The second kappa shape index (κ2) is 8.50. The van der Waals surface area contributed by atoms with Gasteiger partial charge in [-0.1, -0.05) is 109 Å². The molecule has 45 heavy (non-hydrogen) atoms. The molecule has 0 aliphatic rings. The van der Waals surface area contributed by atoms with E-state index in [1.54, 1.807) is 0 Å². The van der Waals surface area contributed by atoms with Gasteiger partial charge in [-0.05, 0) is 51.9 Å². The van der Waals surface area contributed by atoms with E-state index in [4.69, 9.17) is 4.42 Å². The van der Waals surface area contributed by atoms with Crippen LogP contribution in [-0.4, -0.2) is 4.57 Å². The van der Waals surface area contributed by atoms with Crippen LogP contribution in [0, 0.1) is 0 Å². The van der Waals surface area contributed by atoms with Crippen molar-refractivity contribution in [1.82, 2.24) is 4.57 Å². The molecule has 0 atom stereocenters. The van der Waals surface area contributed by atoms with E-state index in [1.165, 1.54) is 79.9 Å².